The maximum absolute atomic E-state index is 11.2. The van der Waals surface area contributed by atoms with E-state index in [0.29, 0.717) is 24.7 Å². The van der Waals surface area contributed by atoms with Gasteiger partial charge in [0.1, 0.15) is 0 Å². The lowest BCUT2D eigenvalue weighted by molar-refractivity contribution is -0.124. The number of nitrogens with two attached hydrogens (primary N) is 1. The van der Waals surface area contributed by atoms with Gasteiger partial charge in [-0.25, -0.2) is 0 Å². The minimum atomic E-state index is -0.728. The number of nitrogens with zero attached hydrogens (tertiary/aromatic N) is 2. The summed E-state index contributed by atoms with van der Waals surface area (Å²) in [4.78, 5) is 15.2. The first kappa shape index (κ1) is 11.6. The molecule has 6 nitrogen and oxygen atoms in total. The van der Waals surface area contributed by atoms with Crippen molar-refractivity contribution in [2.75, 3.05) is 0 Å². The van der Waals surface area contributed by atoms with Gasteiger partial charge in [-0.05, 0) is 13.3 Å². The van der Waals surface area contributed by atoms with E-state index in [9.17, 15) is 4.79 Å². The third-order valence-electron chi connectivity index (χ3n) is 2.46. The first-order chi connectivity index (χ1) is 6.98. The van der Waals surface area contributed by atoms with Crippen LogP contribution in [0.5, 0.6) is 0 Å². The quantitative estimate of drug-likeness (QED) is 0.723. The van der Waals surface area contributed by atoms with Crippen molar-refractivity contribution in [3.63, 3.8) is 0 Å². The molecular weight excluding hydrogens is 196 g/mol. The van der Waals surface area contributed by atoms with Crippen molar-refractivity contribution in [1.29, 1.82) is 0 Å². The Morgan fingerprint density at radius 3 is 2.73 bits per heavy atom. The van der Waals surface area contributed by atoms with E-state index in [2.05, 4.69) is 15.5 Å². The van der Waals surface area contributed by atoms with Gasteiger partial charge >= 0.3 is 0 Å². The van der Waals surface area contributed by atoms with Crippen molar-refractivity contribution < 1.29 is 9.32 Å². The molecule has 0 saturated heterocycles. The average molecular weight is 212 g/mol. The van der Waals surface area contributed by atoms with Gasteiger partial charge in [0.15, 0.2) is 5.82 Å². The van der Waals surface area contributed by atoms with Crippen LogP contribution in [-0.4, -0.2) is 21.6 Å². The average Bonchev–Trinajstić information content (AvgIpc) is 2.60. The Bertz CT molecular complexity index is 350. The Hall–Kier alpha value is -1.43. The number of amides is 1. The van der Waals surface area contributed by atoms with E-state index in [1.54, 1.807) is 13.8 Å². The molecule has 1 aromatic rings. The first-order valence-corrected chi connectivity index (χ1v) is 4.82. The van der Waals surface area contributed by atoms with E-state index in [0.717, 1.165) is 0 Å². The predicted octanol–water partition coefficient (Wildman–Crippen LogP) is 0.122. The van der Waals surface area contributed by atoms with Gasteiger partial charge in [0, 0.05) is 6.92 Å². The van der Waals surface area contributed by atoms with E-state index in [1.165, 1.54) is 0 Å². The maximum atomic E-state index is 11.2. The molecule has 0 unspecified atom stereocenters. The van der Waals surface area contributed by atoms with Gasteiger partial charge in [-0.15, -0.1) is 0 Å². The van der Waals surface area contributed by atoms with Crippen molar-refractivity contribution in [3.8, 4) is 0 Å². The molecule has 0 aromatic carbocycles. The van der Waals surface area contributed by atoms with E-state index in [-0.39, 0.29) is 5.91 Å². The molecule has 3 N–H and O–H groups in total. The molecule has 0 radical (unpaired) electrons. The van der Waals surface area contributed by atoms with Gasteiger partial charge in [-0.1, -0.05) is 12.1 Å². The van der Waals surface area contributed by atoms with Gasteiger partial charge in [-0.3, -0.25) is 10.1 Å². The number of carbonyl (C=O) groups excluding carboxylic acids is 1. The Labute approximate surface area is 88.2 Å². The van der Waals surface area contributed by atoms with Crippen LogP contribution in [0.2, 0.25) is 0 Å². The van der Waals surface area contributed by atoms with Crippen LogP contribution in [0.4, 0.5) is 0 Å². The summed E-state index contributed by atoms with van der Waals surface area (Å²) >= 11 is 0. The highest BCUT2D eigenvalue weighted by molar-refractivity contribution is 5.84. The molecule has 84 valence electrons. The fraction of sp³-hybridized carbons (Fsp3) is 0.667. The van der Waals surface area contributed by atoms with Crippen LogP contribution in [0.25, 0.3) is 0 Å². The lowest BCUT2D eigenvalue weighted by Gasteiger charge is -2.24. The molecular formula is C9H16N4O2. The van der Waals surface area contributed by atoms with Crippen molar-refractivity contribution in [2.24, 2.45) is 5.73 Å². The zero-order valence-electron chi connectivity index (χ0n) is 9.20. The Kier molecular flexibility index (Phi) is 3.41. The molecule has 0 aliphatic heterocycles. The molecule has 6 heteroatoms. The second-order valence-electron chi connectivity index (χ2n) is 3.63. The number of carbonyl (C=O) groups is 1. The number of hydrogen-bond donors (Lipinski definition) is 2. The predicted molar refractivity (Wildman–Crippen MR) is 53.8 cm³/mol. The molecule has 0 saturated carbocycles. The standard InChI is InChI=1S/C9H16N4O2/c1-4-9(3,8(10)14)11-5-7-12-6(2)15-13-7/h11H,4-5H2,1-3H3,(H2,10,14)/t9-/m0/s1. The summed E-state index contributed by atoms with van der Waals surface area (Å²) in [5.41, 5.74) is 4.56. The van der Waals surface area contributed by atoms with Crippen LogP contribution in [-0.2, 0) is 11.3 Å². The minimum absolute atomic E-state index is 0.366. The fourth-order valence-electron chi connectivity index (χ4n) is 1.07. The first-order valence-electron chi connectivity index (χ1n) is 4.82. The normalized spacial score (nSPS) is 14.9. The summed E-state index contributed by atoms with van der Waals surface area (Å²) in [6.45, 7) is 5.72. The SMILES string of the molecule is CC[C@](C)(NCc1noc(C)n1)C(N)=O. The number of aromatic nitrogens is 2. The summed E-state index contributed by atoms with van der Waals surface area (Å²) in [7, 11) is 0. The van der Waals surface area contributed by atoms with Crippen LogP contribution < -0.4 is 11.1 Å². The second-order valence-corrected chi connectivity index (χ2v) is 3.63. The smallest absolute Gasteiger partial charge is 0.237 e. The molecule has 0 bridgehead atoms. The Morgan fingerprint density at radius 1 is 1.67 bits per heavy atom. The molecule has 1 rings (SSSR count). The number of primary amides is 1. The van der Waals surface area contributed by atoms with Crippen molar-refractivity contribution in [1.82, 2.24) is 15.5 Å². The third-order valence-corrected chi connectivity index (χ3v) is 2.46. The highest BCUT2D eigenvalue weighted by Gasteiger charge is 2.28. The molecule has 0 fully saturated rings. The molecule has 1 aromatic heterocycles. The number of rotatable bonds is 5. The number of hydrogen-bond acceptors (Lipinski definition) is 5. The van der Waals surface area contributed by atoms with E-state index < -0.39 is 5.54 Å². The monoisotopic (exact) mass is 212 g/mol. The lowest BCUT2D eigenvalue weighted by atomic mass is 9.98. The zero-order chi connectivity index (χ0) is 11.5. The van der Waals surface area contributed by atoms with Crippen LogP contribution in [0.15, 0.2) is 4.52 Å². The molecule has 0 spiro atoms. The van der Waals surface area contributed by atoms with E-state index >= 15 is 0 Å². The molecule has 0 aliphatic rings. The van der Waals surface area contributed by atoms with Gasteiger partial charge < -0.3 is 10.3 Å². The van der Waals surface area contributed by atoms with Crippen molar-refractivity contribution in [3.05, 3.63) is 11.7 Å². The summed E-state index contributed by atoms with van der Waals surface area (Å²) in [5, 5.41) is 6.73. The van der Waals surface area contributed by atoms with Crippen LogP contribution in [0.1, 0.15) is 32.0 Å². The molecule has 0 aliphatic carbocycles. The highest BCUT2D eigenvalue weighted by Crippen LogP contribution is 2.09. The molecule has 1 heterocycles. The van der Waals surface area contributed by atoms with Gasteiger partial charge in [0.25, 0.3) is 0 Å². The maximum Gasteiger partial charge on any atom is 0.237 e. The van der Waals surface area contributed by atoms with Crippen LogP contribution in [0, 0.1) is 6.92 Å². The Morgan fingerprint density at radius 2 is 2.33 bits per heavy atom. The summed E-state index contributed by atoms with van der Waals surface area (Å²) in [5.74, 6) is 0.641. The molecule has 15 heavy (non-hydrogen) atoms. The minimum Gasteiger partial charge on any atom is -0.368 e. The molecule has 1 atom stereocenters. The van der Waals surface area contributed by atoms with Crippen molar-refractivity contribution in [2.45, 2.75) is 39.3 Å². The van der Waals surface area contributed by atoms with E-state index in [4.69, 9.17) is 10.3 Å². The number of nitrogens with one attached hydrogen (secondary N) is 1. The Balaban J connectivity index is 2.59. The summed E-state index contributed by atoms with van der Waals surface area (Å²) in [6.07, 6.45) is 0.610. The van der Waals surface area contributed by atoms with Crippen LogP contribution >= 0.6 is 0 Å². The summed E-state index contributed by atoms with van der Waals surface area (Å²) in [6, 6.07) is 0. The second kappa shape index (κ2) is 4.39. The van der Waals surface area contributed by atoms with Gasteiger partial charge in [0.05, 0.1) is 12.1 Å². The van der Waals surface area contributed by atoms with E-state index in [1.807, 2.05) is 6.92 Å². The molecule has 1 amide bonds. The van der Waals surface area contributed by atoms with Gasteiger partial charge in [-0.2, -0.15) is 4.98 Å². The van der Waals surface area contributed by atoms with Crippen LogP contribution in [0.3, 0.4) is 0 Å². The largest absolute Gasteiger partial charge is 0.368 e. The van der Waals surface area contributed by atoms with Crippen molar-refractivity contribution >= 4 is 5.91 Å². The highest BCUT2D eigenvalue weighted by atomic mass is 16.5. The third kappa shape index (κ3) is 2.76. The number of aryl methyl sites for hydroxylation is 1. The fourth-order valence-corrected chi connectivity index (χ4v) is 1.07. The lowest BCUT2D eigenvalue weighted by Crippen LogP contribution is -2.52. The zero-order valence-corrected chi connectivity index (χ0v) is 9.20. The topological polar surface area (TPSA) is 94.0 Å². The van der Waals surface area contributed by atoms with Gasteiger partial charge in [0.2, 0.25) is 11.8 Å². The summed E-state index contributed by atoms with van der Waals surface area (Å²) < 4.78 is 4.81.